The molecule has 0 amide bonds. The van der Waals surface area contributed by atoms with Gasteiger partial charge in [-0.3, -0.25) is 4.90 Å². The van der Waals surface area contributed by atoms with Crippen LogP contribution in [0.15, 0.2) is 12.7 Å². The molecule has 2 aliphatic rings. The van der Waals surface area contributed by atoms with Gasteiger partial charge in [0.1, 0.15) is 0 Å². The van der Waals surface area contributed by atoms with Gasteiger partial charge in [-0.05, 0) is 18.8 Å². The van der Waals surface area contributed by atoms with Crippen molar-refractivity contribution in [3.05, 3.63) is 12.7 Å². The van der Waals surface area contributed by atoms with Crippen LogP contribution in [0.2, 0.25) is 0 Å². The van der Waals surface area contributed by atoms with Crippen LogP contribution in [-0.2, 0) is 0 Å². The maximum atomic E-state index is 3.81. The normalized spacial score (nSPS) is 31.8. The quantitative estimate of drug-likeness (QED) is 0.625. The van der Waals surface area contributed by atoms with E-state index in [0.717, 1.165) is 25.0 Å². The molecule has 2 heteroatoms. The summed E-state index contributed by atoms with van der Waals surface area (Å²) in [6.07, 6.45) is 4.92. The lowest BCUT2D eigenvalue weighted by molar-refractivity contribution is 0.160. The van der Waals surface area contributed by atoms with Crippen molar-refractivity contribution in [2.45, 2.75) is 18.9 Å². The van der Waals surface area contributed by atoms with Crippen molar-refractivity contribution in [3.63, 3.8) is 0 Å². The molecule has 0 aromatic carbocycles. The first kappa shape index (κ1) is 8.27. The average Bonchev–Trinajstić information content (AvgIpc) is 2.89. The number of piperazine rings is 1. The van der Waals surface area contributed by atoms with Crippen molar-refractivity contribution in [1.29, 1.82) is 0 Å². The number of nitrogens with one attached hydrogen (secondary N) is 1. The molecule has 1 aliphatic heterocycles. The van der Waals surface area contributed by atoms with E-state index in [9.17, 15) is 0 Å². The van der Waals surface area contributed by atoms with Gasteiger partial charge in [0, 0.05) is 32.2 Å². The Balaban J connectivity index is 1.91. The second-order valence-electron chi connectivity index (χ2n) is 3.89. The molecule has 1 aliphatic carbocycles. The van der Waals surface area contributed by atoms with Gasteiger partial charge in [-0.1, -0.05) is 6.08 Å². The molecule has 1 saturated carbocycles. The minimum absolute atomic E-state index is 0.803. The molecule has 12 heavy (non-hydrogen) atoms. The van der Waals surface area contributed by atoms with Gasteiger partial charge in [0.25, 0.3) is 0 Å². The molecular formula is C10H18N2. The van der Waals surface area contributed by atoms with Gasteiger partial charge >= 0.3 is 0 Å². The van der Waals surface area contributed by atoms with Gasteiger partial charge in [-0.2, -0.15) is 0 Å². The summed E-state index contributed by atoms with van der Waals surface area (Å²) in [7, 11) is 0. The van der Waals surface area contributed by atoms with Crippen molar-refractivity contribution in [2.75, 3.05) is 26.2 Å². The smallest absolute Gasteiger partial charge is 0.0252 e. The number of hydrogen-bond acceptors (Lipinski definition) is 2. The van der Waals surface area contributed by atoms with E-state index < -0.39 is 0 Å². The van der Waals surface area contributed by atoms with Crippen LogP contribution in [0.1, 0.15) is 12.8 Å². The topological polar surface area (TPSA) is 15.3 Å². The summed E-state index contributed by atoms with van der Waals surface area (Å²) < 4.78 is 0. The van der Waals surface area contributed by atoms with Gasteiger partial charge in [0.15, 0.2) is 0 Å². The molecule has 0 aromatic heterocycles. The minimum atomic E-state index is 0.803. The zero-order chi connectivity index (χ0) is 8.39. The average molecular weight is 166 g/mol. The lowest BCUT2D eigenvalue weighted by Crippen LogP contribution is -2.52. The Kier molecular flexibility index (Phi) is 2.47. The fourth-order valence-electron chi connectivity index (χ4n) is 2.11. The summed E-state index contributed by atoms with van der Waals surface area (Å²) >= 11 is 0. The number of rotatable bonds is 3. The monoisotopic (exact) mass is 166 g/mol. The molecule has 1 N–H and O–H groups in total. The molecule has 0 aromatic rings. The van der Waals surface area contributed by atoms with Crippen molar-refractivity contribution >= 4 is 0 Å². The predicted molar refractivity (Wildman–Crippen MR) is 51.2 cm³/mol. The highest BCUT2D eigenvalue weighted by molar-refractivity contribution is 4.93. The Bertz CT molecular complexity index is 163. The highest BCUT2D eigenvalue weighted by Gasteiger charge is 2.35. The van der Waals surface area contributed by atoms with Crippen LogP contribution in [0.4, 0.5) is 0 Å². The first-order valence-corrected chi connectivity index (χ1v) is 4.97. The molecule has 1 heterocycles. The second kappa shape index (κ2) is 3.58. The summed E-state index contributed by atoms with van der Waals surface area (Å²) in [6, 6.07) is 0.803. The largest absolute Gasteiger partial charge is 0.314 e. The summed E-state index contributed by atoms with van der Waals surface area (Å²) in [5.41, 5.74) is 0. The highest BCUT2D eigenvalue weighted by Crippen LogP contribution is 2.35. The van der Waals surface area contributed by atoms with E-state index in [-0.39, 0.29) is 0 Å². The summed E-state index contributed by atoms with van der Waals surface area (Å²) in [5, 5.41) is 3.47. The van der Waals surface area contributed by atoms with E-state index in [1.165, 1.54) is 25.9 Å². The van der Waals surface area contributed by atoms with Gasteiger partial charge in [0.2, 0.25) is 0 Å². The molecule has 1 unspecified atom stereocenters. The van der Waals surface area contributed by atoms with Gasteiger partial charge in [-0.25, -0.2) is 0 Å². The minimum Gasteiger partial charge on any atom is -0.314 e. The summed E-state index contributed by atoms with van der Waals surface area (Å²) in [4.78, 5) is 2.57. The number of nitrogens with zero attached hydrogens (tertiary/aromatic N) is 1. The molecule has 0 radical (unpaired) electrons. The Morgan fingerprint density at radius 1 is 1.50 bits per heavy atom. The SMILES string of the molecule is C=CCN1CCNCC1C1CC1. The summed E-state index contributed by atoms with van der Waals surface area (Å²) in [6.45, 7) is 8.42. The van der Waals surface area contributed by atoms with Gasteiger partial charge < -0.3 is 5.32 Å². The van der Waals surface area contributed by atoms with E-state index in [4.69, 9.17) is 0 Å². The molecule has 2 fully saturated rings. The molecule has 68 valence electrons. The van der Waals surface area contributed by atoms with Crippen LogP contribution >= 0.6 is 0 Å². The van der Waals surface area contributed by atoms with Crippen molar-refractivity contribution < 1.29 is 0 Å². The molecule has 0 bridgehead atoms. The predicted octanol–water partition coefficient (Wildman–Crippen LogP) is 0.856. The third kappa shape index (κ3) is 1.70. The number of hydrogen-bond donors (Lipinski definition) is 1. The zero-order valence-electron chi connectivity index (χ0n) is 7.63. The van der Waals surface area contributed by atoms with E-state index in [2.05, 4.69) is 16.8 Å². The van der Waals surface area contributed by atoms with E-state index in [1.807, 2.05) is 6.08 Å². The Morgan fingerprint density at radius 2 is 2.33 bits per heavy atom. The highest BCUT2D eigenvalue weighted by atomic mass is 15.2. The molecule has 1 atom stereocenters. The van der Waals surface area contributed by atoms with E-state index in [0.29, 0.717) is 0 Å². The van der Waals surface area contributed by atoms with Crippen LogP contribution in [0.3, 0.4) is 0 Å². The third-order valence-corrected chi connectivity index (χ3v) is 2.93. The van der Waals surface area contributed by atoms with Gasteiger partial charge in [0.05, 0.1) is 0 Å². The zero-order valence-corrected chi connectivity index (χ0v) is 7.63. The third-order valence-electron chi connectivity index (χ3n) is 2.93. The molecular weight excluding hydrogens is 148 g/mol. The Morgan fingerprint density at radius 3 is 3.00 bits per heavy atom. The van der Waals surface area contributed by atoms with Crippen LogP contribution in [0.25, 0.3) is 0 Å². The maximum Gasteiger partial charge on any atom is 0.0252 e. The Labute approximate surface area is 74.6 Å². The maximum absolute atomic E-state index is 3.81. The van der Waals surface area contributed by atoms with Crippen LogP contribution in [-0.4, -0.2) is 37.1 Å². The van der Waals surface area contributed by atoms with Crippen molar-refractivity contribution in [1.82, 2.24) is 10.2 Å². The van der Waals surface area contributed by atoms with Crippen LogP contribution in [0.5, 0.6) is 0 Å². The van der Waals surface area contributed by atoms with E-state index >= 15 is 0 Å². The molecule has 2 nitrogen and oxygen atoms in total. The van der Waals surface area contributed by atoms with Crippen LogP contribution < -0.4 is 5.32 Å². The van der Waals surface area contributed by atoms with Crippen LogP contribution in [0, 0.1) is 5.92 Å². The van der Waals surface area contributed by atoms with E-state index in [1.54, 1.807) is 0 Å². The lowest BCUT2D eigenvalue weighted by Gasteiger charge is -2.35. The second-order valence-corrected chi connectivity index (χ2v) is 3.89. The summed E-state index contributed by atoms with van der Waals surface area (Å²) in [5.74, 6) is 0.984. The van der Waals surface area contributed by atoms with Crippen molar-refractivity contribution in [3.8, 4) is 0 Å². The molecule has 1 saturated heterocycles. The van der Waals surface area contributed by atoms with Crippen molar-refractivity contribution in [2.24, 2.45) is 5.92 Å². The standard InChI is InChI=1S/C10H18N2/c1-2-6-12-7-5-11-8-10(12)9-3-4-9/h2,9-11H,1,3-8H2. The first-order chi connectivity index (χ1) is 5.92. The molecule has 0 spiro atoms. The molecule has 2 rings (SSSR count). The Hall–Kier alpha value is -0.340. The first-order valence-electron chi connectivity index (χ1n) is 4.97. The fourth-order valence-corrected chi connectivity index (χ4v) is 2.11. The fraction of sp³-hybridized carbons (Fsp3) is 0.800. The van der Waals surface area contributed by atoms with Gasteiger partial charge in [-0.15, -0.1) is 6.58 Å². The lowest BCUT2D eigenvalue weighted by atomic mass is 10.1.